The van der Waals surface area contributed by atoms with Gasteiger partial charge in [0, 0.05) is 46.0 Å². The highest BCUT2D eigenvalue weighted by molar-refractivity contribution is 14.0. The first kappa shape index (κ1) is 25.1. The van der Waals surface area contributed by atoms with Crippen LogP contribution in [0, 0.1) is 0 Å². The number of methoxy groups -OCH3 is 3. The monoisotopic (exact) mass is 540 g/mol. The highest BCUT2D eigenvalue weighted by atomic mass is 127. The molecule has 7 nitrogen and oxygen atoms in total. The lowest BCUT2D eigenvalue weighted by Gasteiger charge is -2.32. The van der Waals surface area contributed by atoms with E-state index in [2.05, 4.69) is 56.9 Å². The molecule has 0 spiro atoms. The number of nitrogens with one attached hydrogen (secondary N) is 2. The average molecular weight is 540 g/mol. The molecule has 0 bridgehead atoms. The van der Waals surface area contributed by atoms with Crippen molar-refractivity contribution in [2.24, 2.45) is 4.99 Å². The predicted molar refractivity (Wildman–Crippen MR) is 136 cm³/mol. The molecule has 0 aromatic heterocycles. The van der Waals surface area contributed by atoms with E-state index >= 15 is 0 Å². The molecule has 31 heavy (non-hydrogen) atoms. The Bertz CT molecular complexity index is 859. The molecule has 1 aliphatic heterocycles. The van der Waals surface area contributed by atoms with Crippen molar-refractivity contribution in [1.29, 1.82) is 0 Å². The van der Waals surface area contributed by atoms with Gasteiger partial charge in [-0.3, -0.25) is 4.99 Å². The Morgan fingerprint density at radius 2 is 1.71 bits per heavy atom. The number of rotatable bonds is 8. The van der Waals surface area contributed by atoms with Crippen LogP contribution in [0.5, 0.6) is 11.5 Å². The summed E-state index contributed by atoms with van der Waals surface area (Å²) in [6, 6.07) is 12.6. The van der Waals surface area contributed by atoms with Gasteiger partial charge in [-0.05, 0) is 47.4 Å². The van der Waals surface area contributed by atoms with Crippen molar-refractivity contribution in [3.63, 3.8) is 0 Å². The zero-order valence-corrected chi connectivity index (χ0v) is 21.1. The summed E-state index contributed by atoms with van der Waals surface area (Å²) < 4.78 is 16.0. The fourth-order valence-electron chi connectivity index (χ4n) is 3.62. The maximum Gasteiger partial charge on any atom is 0.194 e. The van der Waals surface area contributed by atoms with Crippen molar-refractivity contribution < 1.29 is 14.2 Å². The zero-order valence-electron chi connectivity index (χ0n) is 18.7. The Labute approximate surface area is 202 Å². The molecule has 8 heteroatoms. The molecule has 0 saturated heterocycles. The van der Waals surface area contributed by atoms with Gasteiger partial charge < -0.3 is 29.7 Å². The quantitative estimate of drug-likeness (QED) is 0.231. The van der Waals surface area contributed by atoms with E-state index in [-0.39, 0.29) is 24.0 Å². The molecule has 2 N–H and O–H groups in total. The third kappa shape index (κ3) is 6.64. The minimum absolute atomic E-state index is 0. The molecule has 2 aromatic carbocycles. The van der Waals surface area contributed by atoms with E-state index in [1.807, 2.05) is 7.05 Å². The topological polar surface area (TPSA) is 67.4 Å². The third-order valence-corrected chi connectivity index (χ3v) is 5.27. The molecule has 0 saturated carbocycles. The van der Waals surface area contributed by atoms with Gasteiger partial charge in [0.25, 0.3) is 0 Å². The first-order chi connectivity index (χ1) is 14.7. The van der Waals surface area contributed by atoms with Gasteiger partial charge >= 0.3 is 0 Å². The fourth-order valence-corrected chi connectivity index (χ4v) is 3.62. The number of hydrogen-bond acceptors (Lipinski definition) is 5. The van der Waals surface area contributed by atoms with Crippen molar-refractivity contribution in [3.05, 3.63) is 53.1 Å². The van der Waals surface area contributed by atoms with Gasteiger partial charge in [0.15, 0.2) is 17.5 Å². The van der Waals surface area contributed by atoms with Crippen molar-refractivity contribution in [2.45, 2.75) is 19.5 Å². The van der Waals surface area contributed by atoms with Crippen molar-refractivity contribution in [2.75, 3.05) is 53.4 Å². The summed E-state index contributed by atoms with van der Waals surface area (Å²) in [5.74, 6) is 2.45. The van der Waals surface area contributed by atoms with Gasteiger partial charge in [0.1, 0.15) is 0 Å². The Morgan fingerprint density at radius 3 is 2.32 bits per heavy atom. The van der Waals surface area contributed by atoms with Crippen molar-refractivity contribution >= 4 is 35.6 Å². The highest BCUT2D eigenvalue weighted by Crippen LogP contribution is 2.33. The third-order valence-electron chi connectivity index (χ3n) is 5.27. The molecular weight excluding hydrogens is 507 g/mol. The molecule has 1 heterocycles. The standard InChI is InChI=1S/C23H32N4O3.HI/c1-24-23(26-15-17-5-7-20(8-6-17)25-10-12-28-2)27-11-9-18-13-21(29-3)22(30-4)14-19(18)16-27;/h5-8,13-14,25H,9-12,15-16H2,1-4H3,(H,24,26);1H. The maximum atomic E-state index is 5.47. The van der Waals surface area contributed by atoms with Gasteiger partial charge in [-0.15, -0.1) is 24.0 Å². The summed E-state index contributed by atoms with van der Waals surface area (Å²) in [6.45, 7) is 3.91. The summed E-state index contributed by atoms with van der Waals surface area (Å²) in [5, 5.41) is 6.82. The number of halogens is 1. The van der Waals surface area contributed by atoms with Crippen LogP contribution in [0.4, 0.5) is 5.69 Å². The van der Waals surface area contributed by atoms with Crippen LogP contribution in [0.1, 0.15) is 16.7 Å². The summed E-state index contributed by atoms with van der Waals surface area (Å²) in [7, 11) is 6.88. The lowest BCUT2D eigenvalue weighted by atomic mass is 9.99. The molecule has 0 unspecified atom stereocenters. The first-order valence-corrected chi connectivity index (χ1v) is 10.2. The van der Waals surface area contributed by atoms with Crippen molar-refractivity contribution in [1.82, 2.24) is 10.2 Å². The second-order valence-corrected chi connectivity index (χ2v) is 7.16. The van der Waals surface area contributed by atoms with Crippen LogP contribution in [-0.2, 0) is 24.2 Å². The van der Waals surface area contributed by atoms with Crippen molar-refractivity contribution in [3.8, 4) is 11.5 Å². The SMILES string of the molecule is CN=C(NCc1ccc(NCCOC)cc1)N1CCc2cc(OC)c(OC)cc2C1.I. The minimum atomic E-state index is 0. The molecule has 1 aliphatic rings. The number of aliphatic imine (C=N–C) groups is 1. The molecule has 0 aliphatic carbocycles. The number of fused-ring (bicyclic) bond motifs is 1. The molecule has 2 aromatic rings. The van der Waals surface area contributed by atoms with Crippen LogP contribution in [0.15, 0.2) is 41.4 Å². The van der Waals surface area contributed by atoms with Gasteiger partial charge in [0.2, 0.25) is 0 Å². The second kappa shape index (κ2) is 12.6. The molecule has 170 valence electrons. The average Bonchev–Trinajstić information content (AvgIpc) is 2.79. The molecule has 0 atom stereocenters. The Hall–Kier alpha value is -2.20. The van der Waals surface area contributed by atoms with E-state index in [4.69, 9.17) is 14.2 Å². The van der Waals surface area contributed by atoms with E-state index in [0.717, 1.165) is 55.7 Å². The molecular formula is C23H33IN4O3. The normalized spacial score (nSPS) is 13.2. The zero-order chi connectivity index (χ0) is 21.3. The van der Waals surface area contributed by atoms with Gasteiger partial charge in [-0.25, -0.2) is 0 Å². The number of guanidine groups is 1. The van der Waals surface area contributed by atoms with E-state index in [0.29, 0.717) is 6.61 Å². The van der Waals surface area contributed by atoms with Gasteiger partial charge in [-0.1, -0.05) is 12.1 Å². The molecule has 0 amide bonds. The minimum Gasteiger partial charge on any atom is -0.493 e. The summed E-state index contributed by atoms with van der Waals surface area (Å²) in [4.78, 5) is 6.77. The lowest BCUT2D eigenvalue weighted by molar-refractivity contribution is 0.211. The van der Waals surface area contributed by atoms with Crippen LogP contribution in [0.3, 0.4) is 0 Å². The lowest BCUT2D eigenvalue weighted by Crippen LogP contribution is -2.43. The van der Waals surface area contributed by atoms with E-state index < -0.39 is 0 Å². The smallest absolute Gasteiger partial charge is 0.194 e. The number of hydrogen-bond donors (Lipinski definition) is 2. The second-order valence-electron chi connectivity index (χ2n) is 7.16. The number of nitrogens with zero attached hydrogens (tertiary/aromatic N) is 2. The van der Waals surface area contributed by atoms with Crippen LogP contribution in [-0.4, -0.2) is 58.9 Å². The van der Waals surface area contributed by atoms with Crippen LogP contribution >= 0.6 is 24.0 Å². The van der Waals surface area contributed by atoms with Crippen LogP contribution < -0.4 is 20.1 Å². The van der Waals surface area contributed by atoms with E-state index in [9.17, 15) is 0 Å². The summed E-state index contributed by atoms with van der Waals surface area (Å²) >= 11 is 0. The Morgan fingerprint density at radius 1 is 1.03 bits per heavy atom. The highest BCUT2D eigenvalue weighted by Gasteiger charge is 2.21. The van der Waals surface area contributed by atoms with Crippen LogP contribution in [0.2, 0.25) is 0 Å². The number of benzene rings is 2. The van der Waals surface area contributed by atoms with Gasteiger partial charge in [-0.2, -0.15) is 0 Å². The fraction of sp³-hybridized carbons (Fsp3) is 0.435. The predicted octanol–water partition coefficient (Wildman–Crippen LogP) is 3.51. The molecule has 0 radical (unpaired) electrons. The number of anilines is 1. The van der Waals surface area contributed by atoms with E-state index in [1.54, 1.807) is 21.3 Å². The summed E-state index contributed by atoms with van der Waals surface area (Å²) in [5.41, 5.74) is 4.85. The molecule has 0 fully saturated rings. The molecule has 3 rings (SSSR count). The van der Waals surface area contributed by atoms with Crippen LogP contribution in [0.25, 0.3) is 0 Å². The Balaban J connectivity index is 0.00000341. The maximum absolute atomic E-state index is 5.47. The number of ether oxygens (including phenoxy) is 3. The Kier molecular flexibility index (Phi) is 10.2. The largest absolute Gasteiger partial charge is 0.493 e. The summed E-state index contributed by atoms with van der Waals surface area (Å²) in [6.07, 6.45) is 0.943. The van der Waals surface area contributed by atoms with E-state index in [1.165, 1.54) is 16.7 Å². The first-order valence-electron chi connectivity index (χ1n) is 10.2. The van der Waals surface area contributed by atoms with Gasteiger partial charge in [0.05, 0.1) is 20.8 Å².